The van der Waals surface area contributed by atoms with E-state index in [1.54, 1.807) is 36.4 Å². The highest BCUT2D eigenvalue weighted by molar-refractivity contribution is 6.60. The zero-order valence-corrected chi connectivity index (χ0v) is 26.2. The number of hydrogen-bond donors (Lipinski definition) is 0. The van der Waals surface area contributed by atoms with Gasteiger partial charge in [-0.2, -0.15) is 0 Å². The minimum atomic E-state index is -2.52. The minimum Gasteiger partial charge on any atom is -0.493 e. The van der Waals surface area contributed by atoms with Gasteiger partial charge in [-0.05, 0) is 81.5 Å². The van der Waals surface area contributed by atoms with Crippen LogP contribution in [-0.2, 0) is 29.2 Å². The van der Waals surface area contributed by atoms with Crippen molar-refractivity contribution in [3.63, 3.8) is 0 Å². The normalized spacial score (nSPS) is 11.5. The summed E-state index contributed by atoms with van der Waals surface area (Å²) in [7, 11) is 0.289. The predicted octanol–water partition coefficient (Wildman–Crippen LogP) is 7.03. The minimum absolute atomic E-state index is 0.304. The van der Waals surface area contributed by atoms with Gasteiger partial charge >= 0.3 is 20.7 Å². The van der Waals surface area contributed by atoms with Crippen molar-refractivity contribution in [2.45, 2.75) is 71.8 Å². The average Bonchev–Trinajstić information content (AvgIpc) is 2.98. The third-order valence-corrected chi connectivity index (χ3v) is 9.64. The smallest absolute Gasteiger partial charge is 0.493 e. The van der Waals surface area contributed by atoms with Crippen LogP contribution in [0.4, 0.5) is 0 Å². The van der Waals surface area contributed by atoms with E-state index in [1.165, 1.54) is 45.1 Å². The molecular formula is C32H46O8Si. The third kappa shape index (κ3) is 12.2. The van der Waals surface area contributed by atoms with Crippen molar-refractivity contribution >= 4 is 26.8 Å². The third-order valence-electron chi connectivity index (χ3n) is 6.48. The summed E-state index contributed by atoms with van der Waals surface area (Å²) in [4.78, 5) is 24.0. The van der Waals surface area contributed by atoms with Gasteiger partial charge in [-0.1, -0.05) is 43.9 Å². The quantitative estimate of drug-likeness (QED) is 0.0537. The summed E-state index contributed by atoms with van der Waals surface area (Å²) in [5.74, 6) is -0.224. The maximum absolute atomic E-state index is 12.7. The lowest BCUT2D eigenvalue weighted by molar-refractivity contribution is -0.134. The van der Waals surface area contributed by atoms with Gasteiger partial charge in [0.25, 0.3) is 0 Å². The van der Waals surface area contributed by atoms with E-state index < -0.39 is 20.7 Å². The Kier molecular flexibility index (Phi) is 16.0. The van der Waals surface area contributed by atoms with Gasteiger partial charge in [0.15, 0.2) is 11.5 Å². The molecule has 8 nitrogen and oxygen atoms in total. The number of esters is 2. The molecule has 0 aliphatic carbocycles. The second-order valence-electron chi connectivity index (χ2n) is 9.46. The van der Waals surface area contributed by atoms with Crippen molar-refractivity contribution in [3.05, 3.63) is 65.2 Å². The van der Waals surface area contributed by atoms with Crippen LogP contribution in [-0.4, -0.2) is 54.8 Å². The SMILES string of the molecule is CCO[Si](CCCCCCCCc1ccc(C(=O)Oc2ccc(C=CC(=O)OC)cc2OC)cc1)(OCC)OCC. The van der Waals surface area contributed by atoms with Crippen molar-refractivity contribution in [2.24, 2.45) is 0 Å². The van der Waals surface area contributed by atoms with Crippen LogP contribution in [0, 0.1) is 0 Å². The largest absolute Gasteiger partial charge is 0.500 e. The molecule has 0 saturated carbocycles. The molecule has 2 aromatic rings. The molecule has 0 atom stereocenters. The molecule has 0 N–H and O–H groups in total. The van der Waals surface area contributed by atoms with Crippen LogP contribution in [0.1, 0.15) is 80.8 Å². The van der Waals surface area contributed by atoms with E-state index >= 15 is 0 Å². The Bertz CT molecular complexity index is 1070. The number of ether oxygens (including phenoxy) is 3. The van der Waals surface area contributed by atoms with Crippen molar-refractivity contribution < 1.29 is 37.1 Å². The number of hydrogen-bond acceptors (Lipinski definition) is 8. The Labute approximate surface area is 246 Å². The molecule has 0 aromatic heterocycles. The Balaban J connectivity index is 1.75. The van der Waals surface area contributed by atoms with E-state index in [-0.39, 0.29) is 0 Å². The summed E-state index contributed by atoms with van der Waals surface area (Å²) in [6, 6.07) is 13.5. The average molecular weight is 587 g/mol. The lowest BCUT2D eigenvalue weighted by Gasteiger charge is -2.28. The molecule has 226 valence electrons. The molecule has 0 saturated heterocycles. The predicted molar refractivity (Wildman–Crippen MR) is 162 cm³/mol. The first kappa shape index (κ1) is 34.2. The molecular weight excluding hydrogens is 540 g/mol. The first-order valence-electron chi connectivity index (χ1n) is 14.6. The fraction of sp³-hybridized carbons (Fsp3) is 0.500. The molecule has 9 heteroatoms. The highest BCUT2D eigenvalue weighted by Gasteiger charge is 2.39. The highest BCUT2D eigenvalue weighted by Crippen LogP contribution is 2.29. The summed E-state index contributed by atoms with van der Waals surface area (Å²) >= 11 is 0. The Morgan fingerprint density at radius 2 is 1.37 bits per heavy atom. The standard InChI is InChI=1S/C32H46O8Si/c1-6-37-41(38-7-2,39-8-3)24-14-12-10-9-11-13-15-26-16-20-28(21-17-26)32(34)40-29-22-18-27(25-30(29)35-4)19-23-31(33)36-5/h16-23,25H,6-15,24H2,1-5H3. The summed E-state index contributed by atoms with van der Waals surface area (Å²) in [6.45, 7) is 7.84. The van der Waals surface area contributed by atoms with Gasteiger partial charge in [-0.3, -0.25) is 0 Å². The van der Waals surface area contributed by atoms with Crippen molar-refractivity contribution in [2.75, 3.05) is 34.0 Å². The summed E-state index contributed by atoms with van der Waals surface area (Å²) < 4.78 is 33.3. The maximum Gasteiger partial charge on any atom is 0.500 e. The van der Waals surface area contributed by atoms with Gasteiger partial charge in [0, 0.05) is 31.9 Å². The monoisotopic (exact) mass is 586 g/mol. The molecule has 0 fully saturated rings. The number of rotatable bonds is 20. The Hall–Kier alpha value is -2.98. The summed E-state index contributed by atoms with van der Waals surface area (Å²) in [6.07, 6.45) is 10.7. The van der Waals surface area contributed by atoms with Gasteiger partial charge in [0.1, 0.15) is 0 Å². The van der Waals surface area contributed by atoms with Crippen LogP contribution in [0.5, 0.6) is 11.5 Å². The van der Waals surface area contributed by atoms with Crippen LogP contribution in [0.15, 0.2) is 48.5 Å². The van der Waals surface area contributed by atoms with Crippen LogP contribution < -0.4 is 9.47 Å². The van der Waals surface area contributed by atoms with Crippen LogP contribution in [0.25, 0.3) is 6.08 Å². The zero-order chi connectivity index (χ0) is 29.9. The van der Waals surface area contributed by atoms with Crippen molar-refractivity contribution in [3.8, 4) is 11.5 Å². The summed E-state index contributed by atoms with van der Waals surface area (Å²) in [5, 5.41) is 0. The Morgan fingerprint density at radius 3 is 1.95 bits per heavy atom. The molecule has 0 radical (unpaired) electrons. The lowest BCUT2D eigenvalue weighted by Crippen LogP contribution is -2.45. The lowest BCUT2D eigenvalue weighted by atomic mass is 10.0. The molecule has 41 heavy (non-hydrogen) atoms. The first-order chi connectivity index (χ1) is 19.9. The van der Waals surface area contributed by atoms with Crippen molar-refractivity contribution in [1.29, 1.82) is 0 Å². The molecule has 2 rings (SSSR count). The van der Waals surface area contributed by atoms with E-state index in [4.69, 9.17) is 22.8 Å². The van der Waals surface area contributed by atoms with Gasteiger partial charge in [-0.15, -0.1) is 0 Å². The molecule has 0 spiro atoms. The van der Waals surface area contributed by atoms with E-state index in [1.807, 2.05) is 32.9 Å². The van der Waals surface area contributed by atoms with Gasteiger partial charge in [0.05, 0.1) is 19.8 Å². The van der Waals surface area contributed by atoms with Gasteiger partial charge in [-0.25, -0.2) is 9.59 Å². The molecule has 0 aliphatic rings. The Morgan fingerprint density at radius 1 is 0.756 bits per heavy atom. The maximum atomic E-state index is 12.7. The summed E-state index contributed by atoms with van der Waals surface area (Å²) in [5.41, 5.74) is 2.38. The number of benzene rings is 2. The van der Waals surface area contributed by atoms with E-state index in [2.05, 4.69) is 4.74 Å². The number of aryl methyl sites for hydroxylation is 1. The molecule has 0 amide bonds. The van der Waals surface area contributed by atoms with Gasteiger partial charge in [0.2, 0.25) is 0 Å². The van der Waals surface area contributed by atoms with E-state index in [9.17, 15) is 9.59 Å². The van der Waals surface area contributed by atoms with Crippen LogP contribution in [0.3, 0.4) is 0 Å². The molecule has 0 heterocycles. The van der Waals surface area contributed by atoms with E-state index in [0.29, 0.717) is 42.4 Å². The molecule has 2 aromatic carbocycles. The van der Waals surface area contributed by atoms with Crippen LogP contribution in [0.2, 0.25) is 6.04 Å². The number of carbonyl (C=O) groups is 2. The van der Waals surface area contributed by atoms with Crippen molar-refractivity contribution in [1.82, 2.24) is 0 Å². The number of methoxy groups -OCH3 is 2. The second kappa shape index (κ2) is 19.2. The highest BCUT2D eigenvalue weighted by atomic mass is 28.4. The molecule has 0 aliphatic heterocycles. The topological polar surface area (TPSA) is 89.5 Å². The zero-order valence-electron chi connectivity index (χ0n) is 25.2. The second-order valence-corrected chi connectivity index (χ2v) is 12.2. The van der Waals surface area contributed by atoms with Crippen LogP contribution >= 0.6 is 0 Å². The first-order valence-corrected chi connectivity index (χ1v) is 16.5. The molecule has 0 unspecified atom stereocenters. The number of unbranched alkanes of at least 4 members (excludes halogenated alkanes) is 5. The molecule has 0 bridgehead atoms. The number of carbonyl (C=O) groups excluding carboxylic acids is 2. The van der Waals surface area contributed by atoms with Gasteiger partial charge < -0.3 is 27.5 Å². The fourth-order valence-corrected chi connectivity index (χ4v) is 7.14. The fourth-order valence-electron chi connectivity index (χ4n) is 4.45. The van der Waals surface area contributed by atoms with E-state index in [0.717, 1.165) is 31.7 Å².